The fraction of sp³-hybridized carbons (Fsp3) is 0.533. The first-order chi connectivity index (χ1) is 9.88. The number of ether oxygens (including phenoxy) is 2. The van der Waals surface area contributed by atoms with Crippen LogP contribution in [0.3, 0.4) is 0 Å². The Kier molecular flexibility index (Phi) is 5.36. The Morgan fingerprint density at radius 1 is 1.48 bits per heavy atom. The van der Waals surface area contributed by atoms with Crippen LogP contribution in [0.15, 0.2) is 18.2 Å². The van der Waals surface area contributed by atoms with Crippen molar-refractivity contribution in [3.8, 4) is 5.75 Å². The Morgan fingerprint density at radius 2 is 2.24 bits per heavy atom. The fourth-order valence-electron chi connectivity index (χ4n) is 2.10. The first-order valence-electron chi connectivity index (χ1n) is 6.92. The maximum absolute atomic E-state index is 12.2. The van der Waals surface area contributed by atoms with Gasteiger partial charge in [0.1, 0.15) is 5.75 Å². The molecule has 0 aliphatic carbocycles. The van der Waals surface area contributed by atoms with Gasteiger partial charge in [-0.05, 0) is 44.9 Å². The number of hydrogen-bond donors (Lipinski definition) is 1. The lowest BCUT2D eigenvalue weighted by Gasteiger charge is -2.26. The second kappa shape index (κ2) is 6.86. The standard InChI is InChI=1S/C15H19Cl2NO3/c1-15(2,14(19)18-9-11-4-3-7-20-11)21-13-6-5-10(16)8-12(13)17/h5-6,8,11H,3-4,7,9H2,1-2H3,(H,18,19)/t11-/m0/s1. The van der Waals surface area contributed by atoms with Gasteiger partial charge in [0.25, 0.3) is 5.91 Å². The smallest absolute Gasteiger partial charge is 0.263 e. The summed E-state index contributed by atoms with van der Waals surface area (Å²) in [5.74, 6) is 0.224. The van der Waals surface area contributed by atoms with Gasteiger partial charge in [-0.3, -0.25) is 4.79 Å². The van der Waals surface area contributed by atoms with E-state index in [9.17, 15) is 4.79 Å². The Bertz CT molecular complexity index is 514. The van der Waals surface area contributed by atoms with Crippen LogP contribution in [0.25, 0.3) is 0 Å². The Hall–Kier alpha value is -0.970. The van der Waals surface area contributed by atoms with Crippen LogP contribution in [0.4, 0.5) is 0 Å². The van der Waals surface area contributed by atoms with Crippen LogP contribution in [0.2, 0.25) is 10.0 Å². The third-order valence-corrected chi connectivity index (χ3v) is 3.85. The number of amides is 1. The lowest BCUT2D eigenvalue weighted by atomic mass is 10.1. The minimum Gasteiger partial charge on any atom is -0.476 e. The highest BCUT2D eigenvalue weighted by Crippen LogP contribution is 2.30. The molecule has 1 aromatic rings. The van der Waals surface area contributed by atoms with E-state index in [0.717, 1.165) is 19.4 Å². The van der Waals surface area contributed by atoms with Crippen molar-refractivity contribution in [2.24, 2.45) is 0 Å². The summed E-state index contributed by atoms with van der Waals surface area (Å²) >= 11 is 11.9. The minimum atomic E-state index is -1.03. The lowest BCUT2D eigenvalue weighted by molar-refractivity contribution is -0.134. The van der Waals surface area contributed by atoms with Crippen LogP contribution in [0.5, 0.6) is 5.75 Å². The molecule has 1 amide bonds. The van der Waals surface area contributed by atoms with E-state index in [1.807, 2.05) is 0 Å². The van der Waals surface area contributed by atoms with Gasteiger partial charge in [0.15, 0.2) is 5.60 Å². The summed E-state index contributed by atoms with van der Waals surface area (Å²) in [6, 6.07) is 4.90. The number of benzene rings is 1. The highest BCUT2D eigenvalue weighted by molar-refractivity contribution is 6.35. The molecular weight excluding hydrogens is 313 g/mol. The zero-order valence-electron chi connectivity index (χ0n) is 12.1. The summed E-state index contributed by atoms with van der Waals surface area (Å²) in [6.45, 7) is 4.66. The molecular formula is C15H19Cl2NO3. The number of carbonyl (C=O) groups excluding carboxylic acids is 1. The molecule has 1 aromatic carbocycles. The van der Waals surface area contributed by atoms with E-state index in [1.54, 1.807) is 32.0 Å². The molecule has 6 heteroatoms. The molecule has 1 fully saturated rings. The molecule has 1 aliphatic rings. The van der Waals surface area contributed by atoms with Crippen molar-refractivity contribution in [2.75, 3.05) is 13.2 Å². The van der Waals surface area contributed by atoms with Gasteiger partial charge in [0.05, 0.1) is 11.1 Å². The molecule has 1 heterocycles. The van der Waals surface area contributed by atoms with Crippen molar-refractivity contribution in [3.05, 3.63) is 28.2 Å². The van der Waals surface area contributed by atoms with Gasteiger partial charge in [-0.15, -0.1) is 0 Å². The van der Waals surface area contributed by atoms with Crippen LogP contribution in [-0.4, -0.2) is 30.8 Å². The van der Waals surface area contributed by atoms with Crippen LogP contribution in [-0.2, 0) is 9.53 Å². The quantitative estimate of drug-likeness (QED) is 0.898. The molecule has 0 radical (unpaired) electrons. The molecule has 0 spiro atoms. The summed E-state index contributed by atoms with van der Waals surface area (Å²) in [5.41, 5.74) is -1.03. The molecule has 1 N–H and O–H groups in total. The third kappa shape index (κ3) is 4.50. The maximum atomic E-state index is 12.2. The van der Waals surface area contributed by atoms with Gasteiger partial charge in [0, 0.05) is 18.2 Å². The first kappa shape index (κ1) is 16.4. The van der Waals surface area contributed by atoms with E-state index >= 15 is 0 Å². The highest BCUT2D eigenvalue weighted by atomic mass is 35.5. The van der Waals surface area contributed by atoms with Crippen molar-refractivity contribution in [1.29, 1.82) is 0 Å². The van der Waals surface area contributed by atoms with E-state index < -0.39 is 5.60 Å². The zero-order chi connectivity index (χ0) is 15.5. The fourth-order valence-corrected chi connectivity index (χ4v) is 2.55. The predicted octanol–water partition coefficient (Wildman–Crippen LogP) is 3.45. The first-order valence-corrected chi connectivity index (χ1v) is 7.68. The SMILES string of the molecule is CC(C)(Oc1ccc(Cl)cc1Cl)C(=O)NC[C@@H]1CCCO1. The van der Waals surface area contributed by atoms with Gasteiger partial charge < -0.3 is 14.8 Å². The Morgan fingerprint density at radius 3 is 2.86 bits per heavy atom. The molecule has 1 aliphatic heterocycles. The average molecular weight is 332 g/mol. The molecule has 1 atom stereocenters. The summed E-state index contributed by atoms with van der Waals surface area (Å²) in [4.78, 5) is 12.2. The van der Waals surface area contributed by atoms with Gasteiger partial charge in [-0.25, -0.2) is 0 Å². The third-order valence-electron chi connectivity index (χ3n) is 3.32. The van der Waals surface area contributed by atoms with Gasteiger partial charge in [-0.1, -0.05) is 23.2 Å². The van der Waals surface area contributed by atoms with Crippen LogP contribution < -0.4 is 10.1 Å². The van der Waals surface area contributed by atoms with E-state index in [2.05, 4.69) is 5.32 Å². The Balaban J connectivity index is 1.94. The van der Waals surface area contributed by atoms with Gasteiger partial charge >= 0.3 is 0 Å². The molecule has 1 saturated heterocycles. The summed E-state index contributed by atoms with van der Waals surface area (Å²) in [6.07, 6.45) is 2.12. The Labute approximate surface area is 134 Å². The van der Waals surface area contributed by atoms with E-state index in [1.165, 1.54) is 0 Å². The van der Waals surface area contributed by atoms with E-state index in [4.69, 9.17) is 32.7 Å². The van der Waals surface area contributed by atoms with Crippen molar-refractivity contribution in [1.82, 2.24) is 5.32 Å². The molecule has 0 unspecified atom stereocenters. The number of halogens is 2. The van der Waals surface area contributed by atoms with Crippen LogP contribution in [0, 0.1) is 0 Å². The largest absolute Gasteiger partial charge is 0.476 e. The zero-order valence-corrected chi connectivity index (χ0v) is 13.6. The minimum absolute atomic E-state index is 0.101. The van der Waals surface area contributed by atoms with Crippen molar-refractivity contribution in [2.45, 2.75) is 38.4 Å². The maximum Gasteiger partial charge on any atom is 0.263 e. The monoisotopic (exact) mass is 331 g/mol. The molecule has 2 rings (SSSR count). The van der Waals surface area contributed by atoms with Crippen molar-refractivity contribution < 1.29 is 14.3 Å². The molecule has 4 nitrogen and oxygen atoms in total. The second-order valence-corrected chi connectivity index (χ2v) is 6.38. The van der Waals surface area contributed by atoms with Crippen molar-refractivity contribution in [3.63, 3.8) is 0 Å². The van der Waals surface area contributed by atoms with Gasteiger partial charge in [0.2, 0.25) is 0 Å². The number of hydrogen-bond acceptors (Lipinski definition) is 3. The molecule has 0 aromatic heterocycles. The molecule has 21 heavy (non-hydrogen) atoms. The average Bonchev–Trinajstić information content (AvgIpc) is 2.92. The second-order valence-electron chi connectivity index (χ2n) is 5.53. The summed E-state index contributed by atoms with van der Waals surface area (Å²) in [5, 5.41) is 3.76. The molecule has 116 valence electrons. The topological polar surface area (TPSA) is 47.6 Å². The number of nitrogens with one attached hydrogen (secondary N) is 1. The summed E-state index contributed by atoms with van der Waals surface area (Å²) in [7, 11) is 0. The van der Waals surface area contributed by atoms with Gasteiger partial charge in [-0.2, -0.15) is 0 Å². The summed E-state index contributed by atoms with van der Waals surface area (Å²) < 4.78 is 11.2. The number of carbonyl (C=O) groups is 1. The number of rotatable bonds is 5. The van der Waals surface area contributed by atoms with E-state index in [-0.39, 0.29) is 12.0 Å². The normalized spacial score (nSPS) is 18.6. The van der Waals surface area contributed by atoms with Crippen LogP contribution >= 0.6 is 23.2 Å². The van der Waals surface area contributed by atoms with E-state index in [0.29, 0.717) is 22.3 Å². The lowest BCUT2D eigenvalue weighted by Crippen LogP contribution is -2.48. The van der Waals surface area contributed by atoms with Crippen molar-refractivity contribution >= 4 is 29.1 Å². The molecule has 0 saturated carbocycles. The predicted molar refractivity (Wildman–Crippen MR) is 83.2 cm³/mol. The van der Waals surface area contributed by atoms with Crippen LogP contribution in [0.1, 0.15) is 26.7 Å². The molecule has 0 bridgehead atoms. The highest BCUT2D eigenvalue weighted by Gasteiger charge is 2.31.